The molecule has 0 spiro atoms. The summed E-state index contributed by atoms with van der Waals surface area (Å²) >= 11 is 9.14. The first-order chi connectivity index (χ1) is 20.0. The molecule has 1 amide bonds. The number of carbonyl (C=O) groups is 1. The van der Waals surface area contributed by atoms with Gasteiger partial charge < -0.3 is 18.7 Å². The van der Waals surface area contributed by atoms with Gasteiger partial charge in [0.25, 0.3) is 5.91 Å². The van der Waals surface area contributed by atoms with E-state index < -0.39 is 69.2 Å². The van der Waals surface area contributed by atoms with Crippen molar-refractivity contribution >= 4 is 61.6 Å². The molecule has 0 aromatic carbocycles. The van der Waals surface area contributed by atoms with Gasteiger partial charge in [-0.15, -0.1) is 0 Å². The number of fused-ring (bicyclic) bond motifs is 4. The second kappa shape index (κ2) is 11.5. The number of pyridine rings is 1. The van der Waals surface area contributed by atoms with Crippen LogP contribution in [0.2, 0.25) is 0 Å². The van der Waals surface area contributed by atoms with Gasteiger partial charge in [-0.3, -0.25) is 39.4 Å². The summed E-state index contributed by atoms with van der Waals surface area (Å²) in [6.07, 6.45) is -2.19. The summed E-state index contributed by atoms with van der Waals surface area (Å²) in [5.41, 5.74) is 0.636. The number of rotatable bonds is 2. The molecule has 22 heteroatoms. The number of alkyl halides is 1. The van der Waals surface area contributed by atoms with E-state index in [1.807, 2.05) is 0 Å². The number of guanidine groups is 1. The maximum atomic E-state index is 15.8. The number of halogens is 1. The lowest BCUT2D eigenvalue weighted by Gasteiger charge is -2.30. The Kier molecular flexibility index (Phi) is 8.12. The quantitative estimate of drug-likeness (QED) is 0.260. The molecule has 0 saturated carbocycles. The predicted octanol–water partition coefficient (Wildman–Crippen LogP) is 0.782. The number of nitrogens with one attached hydrogen (secondary N) is 2. The normalized spacial score (nSPS) is 35.5. The monoisotopic (exact) mass is 661 g/mol. The molecule has 6 heterocycles. The first-order valence-electron chi connectivity index (χ1n) is 12.2. The molecule has 224 valence electrons. The second-order valence-corrected chi connectivity index (χ2v) is 14.8. The van der Waals surface area contributed by atoms with Crippen molar-refractivity contribution in [3.8, 4) is 11.4 Å². The van der Waals surface area contributed by atoms with Crippen LogP contribution in [0, 0.1) is 5.41 Å². The molecule has 17 nitrogen and oxygen atoms in total. The molecular formula is C20H22FN9O8P2S2. The molecular weight excluding hydrogens is 639 g/mol. The molecule has 0 aliphatic carbocycles. The average Bonchev–Trinajstić information content (AvgIpc) is 3.63. The highest BCUT2D eigenvalue weighted by molar-refractivity contribution is 8.44. The van der Waals surface area contributed by atoms with E-state index in [4.69, 9.17) is 40.0 Å². The highest BCUT2D eigenvalue weighted by atomic mass is 32.7. The lowest BCUT2D eigenvalue weighted by Crippen LogP contribution is -2.53. The highest BCUT2D eigenvalue weighted by Gasteiger charge is 2.54. The van der Waals surface area contributed by atoms with Crippen LogP contribution in [-0.4, -0.2) is 97.4 Å². The summed E-state index contributed by atoms with van der Waals surface area (Å²) in [5, 5.41) is 14.4. The van der Waals surface area contributed by atoms with Gasteiger partial charge in [0, 0.05) is 18.0 Å². The lowest BCUT2D eigenvalue weighted by atomic mass is 10.1. The Labute approximate surface area is 246 Å². The van der Waals surface area contributed by atoms with E-state index in [2.05, 4.69) is 42.6 Å². The van der Waals surface area contributed by atoms with Crippen molar-refractivity contribution in [3.05, 3.63) is 30.4 Å². The number of carbonyl (C=O) groups excluding carboxylic acids is 1. The summed E-state index contributed by atoms with van der Waals surface area (Å²) in [6.45, 7) is -9.30. The van der Waals surface area contributed by atoms with Gasteiger partial charge in [-0.05, 0) is 23.9 Å². The van der Waals surface area contributed by atoms with E-state index in [9.17, 15) is 14.3 Å². The highest BCUT2D eigenvalue weighted by Crippen LogP contribution is 2.57. The van der Waals surface area contributed by atoms with Crippen molar-refractivity contribution in [2.75, 3.05) is 13.2 Å². The number of hydrogen-bond acceptors (Lipinski definition) is 14. The van der Waals surface area contributed by atoms with Crippen molar-refractivity contribution in [2.24, 2.45) is 9.98 Å². The van der Waals surface area contributed by atoms with Crippen LogP contribution in [0.3, 0.4) is 0 Å². The number of aromatic nitrogens is 4. The van der Waals surface area contributed by atoms with Gasteiger partial charge in [0.15, 0.2) is 35.9 Å². The van der Waals surface area contributed by atoms with E-state index in [-0.39, 0.29) is 24.8 Å². The Morgan fingerprint density at radius 2 is 2.05 bits per heavy atom. The fourth-order valence-electron chi connectivity index (χ4n) is 4.45. The van der Waals surface area contributed by atoms with Crippen LogP contribution < -0.4 is 5.32 Å². The molecule has 6 rings (SSSR count). The van der Waals surface area contributed by atoms with Gasteiger partial charge in [-0.2, -0.15) is 10.1 Å². The van der Waals surface area contributed by atoms with Crippen LogP contribution in [0.1, 0.15) is 5.82 Å². The van der Waals surface area contributed by atoms with E-state index in [1.54, 1.807) is 24.5 Å². The molecule has 1 saturated heterocycles. The van der Waals surface area contributed by atoms with Gasteiger partial charge in [0.2, 0.25) is 5.96 Å². The van der Waals surface area contributed by atoms with Crippen molar-refractivity contribution in [3.63, 3.8) is 0 Å². The Morgan fingerprint density at radius 1 is 1.26 bits per heavy atom. The van der Waals surface area contributed by atoms with Gasteiger partial charge in [0.05, 0.1) is 26.1 Å². The van der Waals surface area contributed by atoms with Crippen LogP contribution in [0.5, 0.6) is 0 Å². The van der Waals surface area contributed by atoms with Gasteiger partial charge in [-0.25, -0.2) is 18.6 Å². The third-order valence-corrected chi connectivity index (χ3v) is 9.57. The fourth-order valence-corrected chi connectivity index (χ4v) is 6.95. The molecule has 3 N–H and O–H groups in total. The zero-order valence-corrected chi connectivity index (χ0v) is 24.7. The number of amidine groups is 1. The van der Waals surface area contributed by atoms with Crippen molar-refractivity contribution in [1.82, 2.24) is 30.0 Å². The third-order valence-electron chi connectivity index (χ3n) is 6.36. The van der Waals surface area contributed by atoms with Gasteiger partial charge >= 0.3 is 13.5 Å². The summed E-state index contributed by atoms with van der Waals surface area (Å²) in [5.74, 6) is -0.627. The first-order valence-corrected chi connectivity index (χ1v) is 17.5. The molecule has 2 aromatic rings. The number of nitrogens with zero attached hydrogens (tertiary/aromatic N) is 7. The van der Waals surface area contributed by atoms with Crippen LogP contribution in [0.4, 0.5) is 4.39 Å². The topological polar surface area (TPSA) is 208 Å². The van der Waals surface area contributed by atoms with E-state index >= 15 is 4.39 Å². The summed E-state index contributed by atoms with van der Waals surface area (Å²) in [4.78, 5) is 40.5. The van der Waals surface area contributed by atoms with Crippen molar-refractivity contribution in [2.45, 2.75) is 43.8 Å². The van der Waals surface area contributed by atoms with Crippen LogP contribution >= 0.6 is 25.8 Å². The summed E-state index contributed by atoms with van der Waals surface area (Å²) < 4.78 is 58.3. The first kappa shape index (κ1) is 29.6. The molecule has 2 aromatic heterocycles. The Hall–Kier alpha value is -2.51. The zero-order valence-electron chi connectivity index (χ0n) is 21.2. The number of aliphatic imine (C=N–C) groups is 2. The molecule has 2 bridgehead atoms. The summed E-state index contributed by atoms with van der Waals surface area (Å²) in [7, 11) is 0. The number of amides is 1. The number of hydrogen-bond donors (Lipinski definition) is 4. The molecule has 0 radical (unpaired) electrons. The third kappa shape index (κ3) is 6.10. The Balaban J connectivity index is 1.31. The van der Waals surface area contributed by atoms with Gasteiger partial charge in [-0.1, -0.05) is 12.2 Å². The van der Waals surface area contributed by atoms with Gasteiger partial charge in [0.1, 0.15) is 18.8 Å². The largest absolute Gasteiger partial charge is 0.387 e. The predicted molar refractivity (Wildman–Crippen MR) is 149 cm³/mol. The van der Waals surface area contributed by atoms with E-state index in [0.717, 1.165) is 0 Å². The zero-order chi connectivity index (χ0) is 29.6. The maximum Gasteiger partial charge on any atom is 0.387 e. The smallest absolute Gasteiger partial charge is 0.346 e. The van der Waals surface area contributed by atoms with Crippen LogP contribution in [-0.2, 0) is 57.1 Å². The molecule has 3 unspecified atom stereocenters. The Morgan fingerprint density at radius 3 is 2.83 bits per heavy atom. The van der Waals surface area contributed by atoms with E-state index in [0.29, 0.717) is 11.4 Å². The molecule has 1 fully saturated rings. The van der Waals surface area contributed by atoms with Crippen LogP contribution in [0.25, 0.3) is 11.4 Å². The van der Waals surface area contributed by atoms with E-state index in [1.165, 1.54) is 15.9 Å². The minimum Gasteiger partial charge on any atom is -0.346 e. The Bertz CT molecular complexity index is 1560. The number of thiol groups is 1. The van der Waals surface area contributed by atoms with Crippen LogP contribution in [0.15, 0.2) is 34.5 Å². The van der Waals surface area contributed by atoms with Crippen molar-refractivity contribution in [1.29, 1.82) is 5.41 Å². The minimum atomic E-state index is -4.32. The standard InChI is InChI=1S/C20H22FN9O8P2S2/c21-13-11-7-35-39(32,41)34-6-5-30-12(25-16(28-30)10-1-3-23-4-2-10)8-36-40(33,42)38-15(13)19(37-11)29-9-24-14-17(29)26-20(22)27-18(14)31/h1-4,9,11,13-15,19H,5-8H2,(H,32,41)(H,33,42)(H2,22,27,31)/t11-,13+,14?,15-,19+,39?,40?/m1/s1. The molecule has 4 aliphatic rings. The van der Waals surface area contributed by atoms with Crippen molar-refractivity contribution < 1.29 is 41.5 Å². The summed E-state index contributed by atoms with van der Waals surface area (Å²) in [6, 6.07) is 2.26. The molecule has 42 heavy (non-hydrogen) atoms. The minimum absolute atomic E-state index is 0.0345. The SMILES string of the molecule is N=C1N=C2C(N=CN2[C@H]2O[C@@H]3COP(O)(=S)OCCn4nc(-c5ccncc5)nc4COP(=O)(S)O[C@@H]2[C@H]3F)C(=O)N1. The fraction of sp³-hybridized carbons (Fsp3) is 0.450. The lowest BCUT2D eigenvalue weighted by molar-refractivity contribution is -0.119. The number of ether oxygens (including phenoxy) is 1. The molecule has 4 aliphatic heterocycles. The average molecular weight is 662 g/mol. The second-order valence-electron chi connectivity index (χ2n) is 9.11. The maximum absolute atomic E-state index is 15.8. The molecule has 7 atom stereocenters.